The Kier molecular flexibility index (Phi) is 6.61. The number of aromatic nitrogens is 1. The minimum absolute atomic E-state index is 0.247. The van der Waals surface area contributed by atoms with E-state index in [0.717, 1.165) is 36.0 Å². The number of carboxylic acids is 1. The number of aliphatic carboxylic acids is 1. The number of amides is 2. The summed E-state index contributed by atoms with van der Waals surface area (Å²) in [5.74, 6) is -1.87. The maximum absolute atomic E-state index is 12.7. The van der Waals surface area contributed by atoms with Crippen molar-refractivity contribution in [3.05, 3.63) is 64.8 Å². The van der Waals surface area contributed by atoms with Gasteiger partial charge in [0.05, 0.1) is 5.57 Å². The van der Waals surface area contributed by atoms with Gasteiger partial charge in [-0.15, -0.1) is 0 Å². The molecule has 8 heteroatoms. The lowest BCUT2D eigenvalue weighted by Crippen LogP contribution is -2.38. The molecule has 1 saturated heterocycles. The van der Waals surface area contributed by atoms with Crippen LogP contribution in [-0.4, -0.2) is 58.5 Å². The number of aromatic amines is 1. The number of rotatable bonds is 8. The molecule has 4 N–H and O–H groups in total. The SMILES string of the molecule is CC(NC(=O)c1ccc2c(c1)NC(=O)C2=Cc1cc2cc(CCCN3CCCC3)ccc2[nH]1)C(=O)O. The first kappa shape index (κ1) is 23.8. The van der Waals surface area contributed by atoms with Crippen molar-refractivity contribution in [2.75, 3.05) is 25.0 Å². The number of hydrogen-bond donors (Lipinski definition) is 4. The fraction of sp³-hybridized carbons (Fsp3) is 0.321. The first-order valence-corrected chi connectivity index (χ1v) is 12.4. The lowest BCUT2D eigenvalue weighted by Gasteiger charge is -2.13. The first-order valence-electron chi connectivity index (χ1n) is 12.4. The molecular formula is C28H30N4O4. The molecule has 2 aromatic carbocycles. The zero-order valence-corrected chi connectivity index (χ0v) is 20.3. The Hall–Kier alpha value is -3.91. The quantitative estimate of drug-likeness (QED) is 0.361. The molecule has 0 saturated carbocycles. The van der Waals surface area contributed by atoms with Crippen LogP contribution >= 0.6 is 0 Å². The van der Waals surface area contributed by atoms with E-state index in [1.807, 2.05) is 12.1 Å². The van der Waals surface area contributed by atoms with Crippen molar-refractivity contribution in [1.82, 2.24) is 15.2 Å². The molecule has 0 aliphatic carbocycles. The zero-order chi connectivity index (χ0) is 25.2. The van der Waals surface area contributed by atoms with Gasteiger partial charge in [0.2, 0.25) is 0 Å². The topological polar surface area (TPSA) is 115 Å². The van der Waals surface area contributed by atoms with E-state index in [1.54, 1.807) is 18.2 Å². The van der Waals surface area contributed by atoms with Gasteiger partial charge in [-0.3, -0.25) is 14.4 Å². The van der Waals surface area contributed by atoms with E-state index in [1.165, 1.54) is 38.4 Å². The third-order valence-corrected chi connectivity index (χ3v) is 6.93. The summed E-state index contributed by atoms with van der Waals surface area (Å²) in [6, 6.07) is 12.4. The van der Waals surface area contributed by atoms with Gasteiger partial charge in [-0.05, 0) is 94.2 Å². The van der Waals surface area contributed by atoms with Crippen LogP contribution in [0.4, 0.5) is 5.69 Å². The van der Waals surface area contributed by atoms with Gasteiger partial charge in [0.25, 0.3) is 11.8 Å². The van der Waals surface area contributed by atoms with Crippen molar-refractivity contribution in [2.45, 2.75) is 38.6 Å². The maximum Gasteiger partial charge on any atom is 0.325 e. The van der Waals surface area contributed by atoms with Crippen LogP contribution < -0.4 is 10.6 Å². The Balaban J connectivity index is 1.31. The number of nitrogens with one attached hydrogen (secondary N) is 3. The van der Waals surface area contributed by atoms with E-state index in [9.17, 15) is 14.4 Å². The van der Waals surface area contributed by atoms with Gasteiger partial charge in [-0.25, -0.2) is 0 Å². The average Bonchev–Trinajstić information content (AvgIpc) is 3.58. The number of aryl methyl sites for hydroxylation is 1. The third-order valence-electron chi connectivity index (χ3n) is 6.93. The van der Waals surface area contributed by atoms with E-state index in [0.29, 0.717) is 16.8 Å². The molecule has 1 unspecified atom stereocenters. The summed E-state index contributed by atoms with van der Waals surface area (Å²) in [7, 11) is 0. The van der Waals surface area contributed by atoms with Crippen LogP contribution in [0.2, 0.25) is 0 Å². The van der Waals surface area contributed by atoms with E-state index in [2.05, 4.69) is 38.7 Å². The summed E-state index contributed by atoms with van der Waals surface area (Å²) in [5, 5.41) is 15.3. The van der Waals surface area contributed by atoms with Crippen LogP contribution in [0.3, 0.4) is 0 Å². The van der Waals surface area contributed by atoms with Gasteiger partial charge in [0.1, 0.15) is 6.04 Å². The number of carboxylic acid groups (broad SMARTS) is 1. The number of benzene rings is 2. The van der Waals surface area contributed by atoms with Crippen molar-refractivity contribution in [3.63, 3.8) is 0 Å². The number of fused-ring (bicyclic) bond motifs is 2. The normalized spacial score (nSPS) is 17.4. The highest BCUT2D eigenvalue weighted by atomic mass is 16.4. The van der Waals surface area contributed by atoms with E-state index >= 15 is 0 Å². The monoisotopic (exact) mass is 486 g/mol. The van der Waals surface area contributed by atoms with Crippen LogP contribution in [0.15, 0.2) is 42.5 Å². The second-order valence-electron chi connectivity index (χ2n) is 9.60. The number of likely N-dealkylation sites (tertiary alicyclic amines) is 1. The summed E-state index contributed by atoms with van der Waals surface area (Å²) in [5.41, 5.74) is 5.17. The Morgan fingerprint density at radius 3 is 2.72 bits per heavy atom. The molecule has 36 heavy (non-hydrogen) atoms. The molecule has 5 rings (SSSR count). The molecule has 2 amide bonds. The minimum atomic E-state index is -1.12. The molecule has 3 aromatic rings. The number of carbonyl (C=O) groups excluding carboxylic acids is 2. The van der Waals surface area contributed by atoms with Gasteiger partial charge in [-0.1, -0.05) is 12.1 Å². The minimum Gasteiger partial charge on any atom is -0.480 e. The molecule has 0 bridgehead atoms. The molecule has 2 aliphatic heterocycles. The van der Waals surface area contributed by atoms with Crippen molar-refractivity contribution >= 4 is 46.0 Å². The lowest BCUT2D eigenvalue weighted by atomic mass is 10.0. The Bertz CT molecular complexity index is 1370. The fourth-order valence-corrected chi connectivity index (χ4v) is 4.93. The van der Waals surface area contributed by atoms with Gasteiger partial charge in [0.15, 0.2) is 0 Å². The standard InChI is InChI=1S/C28H30N4O4/c1-17(28(35)36)29-26(33)19-7-8-22-23(27(34)31-25(22)15-19)16-21-14-20-13-18(6-9-24(20)30-21)5-4-12-32-10-2-3-11-32/h6-9,13-17,30H,2-5,10-12H2,1H3,(H,29,33)(H,31,34)(H,35,36). The van der Waals surface area contributed by atoms with Crippen molar-refractivity contribution in [2.24, 2.45) is 0 Å². The summed E-state index contributed by atoms with van der Waals surface area (Å²) >= 11 is 0. The Morgan fingerprint density at radius 2 is 1.94 bits per heavy atom. The van der Waals surface area contributed by atoms with Crippen molar-refractivity contribution in [3.8, 4) is 0 Å². The van der Waals surface area contributed by atoms with E-state index < -0.39 is 17.9 Å². The summed E-state index contributed by atoms with van der Waals surface area (Å²) in [6.45, 7) is 5.00. The summed E-state index contributed by atoms with van der Waals surface area (Å²) in [4.78, 5) is 42.0. The summed E-state index contributed by atoms with van der Waals surface area (Å²) in [6.07, 6.45) is 6.65. The second kappa shape index (κ2) is 9.99. The molecular weight excluding hydrogens is 456 g/mol. The van der Waals surface area contributed by atoms with Crippen molar-refractivity contribution < 1.29 is 19.5 Å². The maximum atomic E-state index is 12.7. The molecule has 1 atom stereocenters. The largest absolute Gasteiger partial charge is 0.480 e. The third kappa shape index (κ3) is 5.04. The molecule has 1 fully saturated rings. The smallest absolute Gasteiger partial charge is 0.325 e. The number of hydrogen-bond acceptors (Lipinski definition) is 4. The van der Waals surface area contributed by atoms with Crippen molar-refractivity contribution in [1.29, 1.82) is 0 Å². The number of carbonyl (C=O) groups is 3. The molecule has 3 heterocycles. The van der Waals surface area contributed by atoms with Gasteiger partial charge in [-0.2, -0.15) is 0 Å². The molecule has 0 spiro atoms. The van der Waals surface area contributed by atoms with Crippen LogP contribution in [-0.2, 0) is 16.0 Å². The van der Waals surface area contributed by atoms with Crippen LogP contribution in [0.25, 0.3) is 22.6 Å². The second-order valence-corrected chi connectivity index (χ2v) is 9.60. The molecule has 186 valence electrons. The van der Waals surface area contributed by atoms with Gasteiger partial charge in [0, 0.05) is 33.4 Å². The lowest BCUT2D eigenvalue weighted by molar-refractivity contribution is -0.138. The Morgan fingerprint density at radius 1 is 1.14 bits per heavy atom. The molecule has 1 aromatic heterocycles. The molecule has 8 nitrogen and oxygen atoms in total. The van der Waals surface area contributed by atoms with Crippen LogP contribution in [0.1, 0.15) is 53.4 Å². The van der Waals surface area contributed by atoms with Crippen LogP contribution in [0.5, 0.6) is 0 Å². The van der Waals surface area contributed by atoms with E-state index in [4.69, 9.17) is 5.11 Å². The average molecular weight is 487 g/mol. The predicted molar refractivity (Wildman–Crippen MR) is 140 cm³/mol. The molecule has 2 aliphatic rings. The number of anilines is 1. The Labute approximate surface area is 209 Å². The zero-order valence-electron chi connectivity index (χ0n) is 20.3. The first-order chi connectivity index (χ1) is 17.4. The fourth-order valence-electron chi connectivity index (χ4n) is 4.93. The highest BCUT2D eigenvalue weighted by molar-refractivity contribution is 6.35. The number of H-pyrrole nitrogens is 1. The predicted octanol–water partition coefficient (Wildman–Crippen LogP) is 3.89. The van der Waals surface area contributed by atoms with Gasteiger partial charge < -0.3 is 25.6 Å². The molecule has 0 radical (unpaired) electrons. The van der Waals surface area contributed by atoms with Crippen LogP contribution in [0, 0.1) is 0 Å². The van der Waals surface area contributed by atoms with Gasteiger partial charge >= 0.3 is 5.97 Å². The number of nitrogens with zero attached hydrogens (tertiary/aromatic N) is 1. The summed E-state index contributed by atoms with van der Waals surface area (Å²) < 4.78 is 0. The van der Waals surface area contributed by atoms with E-state index in [-0.39, 0.29) is 11.5 Å². The highest BCUT2D eigenvalue weighted by Gasteiger charge is 2.26. The highest BCUT2D eigenvalue weighted by Crippen LogP contribution is 2.34.